The molecule has 0 saturated carbocycles. The van der Waals surface area contributed by atoms with Gasteiger partial charge in [0.1, 0.15) is 11.2 Å². The average molecular weight is 1350 g/mol. The molecule has 0 aromatic heterocycles. The van der Waals surface area contributed by atoms with Gasteiger partial charge in [0.15, 0.2) is 0 Å². The molecule has 0 spiro atoms. The molecule has 6 rings (SSSR count). The van der Waals surface area contributed by atoms with E-state index in [2.05, 4.69) is 41.7 Å². The van der Waals surface area contributed by atoms with Crippen LogP contribution in [-0.4, -0.2) is 68.1 Å². The third kappa shape index (κ3) is 29.1. The smallest absolute Gasteiger partial charge is 1.00 e. The summed E-state index contributed by atoms with van der Waals surface area (Å²) in [7, 11) is 2.77. The molecule has 22 heteroatoms. The molecule has 78 heavy (non-hydrogen) atoms. The number of alkyl halides is 1. The average Bonchev–Trinajstić information content (AvgIpc) is 3.34. The van der Waals surface area contributed by atoms with Crippen LogP contribution in [0.2, 0.25) is 10.0 Å². The van der Waals surface area contributed by atoms with Gasteiger partial charge >= 0.3 is 156 Å². The number of carbonyl (C=O) groups is 5. The summed E-state index contributed by atoms with van der Waals surface area (Å²) in [6.45, 7) is 15.1. The number of rotatable bonds is 14. The third-order valence-electron chi connectivity index (χ3n) is 10.2. The van der Waals surface area contributed by atoms with Crippen LogP contribution in [0, 0.1) is 0 Å². The van der Waals surface area contributed by atoms with Crippen molar-refractivity contribution in [2.24, 2.45) is 0 Å². The largest absolute Gasteiger partial charge is 1.00 e. The van der Waals surface area contributed by atoms with E-state index in [0.717, 1.165) is 54.4 Å². The van der Waals surface area contributed by atoms with Gasteiger partial charge in [0.25, 0.3) is 6.47 Å². The molecule has 0 aliphatic rings. The molecule has 0 radical (unpaired) electrons. The molecule has 0 aliphatic heterocycles. The number of methoxy groups -OCH3 is 2. The van der Waals surface area contributed by atoms with Crippen LogP contribution in [0.15, 0.2) is 121 Å². The summed E-state index contributed by atoms with van der Waals surface area (Å²) in [6.07, 6.45) is -0.532. The van der Waals surface area contributed by atoms with Gasteiger partial charge in [0.05, 0.1) is 38.4 Å². The molecule has 0 saturated heterocycles. The minimum absolute atomic E-state index is 0. The number of fused-ring (bicyclic) bond motifs is 2. The van der Waals surface area contributed by atoms with E-state index in [0.29, 0.717) is 22.9 Å². The van der Waals surface area contributed by atoms with Crippen molar-refractivity contribution in [2.75, 3.05) is 35.1 Å². The van der Waals surface area contributed by atoms with Gasteiger partial charge < -0.3 is 64.7 Å². The van der Waals surface area contributed by atoms with E-state index < -0.39 is 23.4 Å². The zero-order valence-electron chi connectivity index (χ0n) is 47.1. The first-order valence-electron chi connectivity index (χ1n) is 23.0. The van der Waals surface area contributed by atoms with E-state index in [4.69, 9.17) is 52.2 Å². The Labute approximate surface area is 604 Å². The summed E-state index contributed by atoms with van der Waals surface area (Å²) < 4.78 is 20.4. The monoisotopic (exact) mass is 1350 g/mol. The van der Waals surface area contributed by atoms with Crippen LogP contribution in [0.5, 0.6) is 0 Å². The summed E-state index contributed by atoms with van der Waals surface area (Å²) in [5.74, 6) is -0.554. The normalized spacial score (nSPS) is 10.8. The molecule has 6 aromatic rings. The van der Waals surface area contributed by atoms with Crippen LogP contribution >= 0.6 is 39.1 Å². The van der Waals surface area contributed by atoms with Crippen molar-refractivity contribution in [1.82, 2.24) is 0 Å². The van der Waals surface area contributed by atoms with Crippen molar-refractivity contribution in [2.45, 2.75) is 111 Å². The number of nitrogens with zero attached hydrogens (tertiary/aromatic N) is 1. The summed E-state index contributed by atoms with van der Waals surface area (Å²) >= 11 is 15.6. The Kier molecular flexibility index (Phi) is 42.8. The molecule has 410 valence electrons. The van der Waals surface area contributed by atoms with Crippen molar-refractivity contribution in [1.29, 1.82) is 0 Å². The molecular weight excluding hydrogens is 1280 g/mol. The van der Waals surface area contributed by atoms with E-state index in [9.17, 15) is 19.2 Å². The zero-order valence-corrected chi connectivity index (χ0v) is 59.6. The Morgan fingerprint density at radius 1 is 0.641 bits per heavy atom. The van der Waals surface area contributed by atoms with Crippen LogP contribution in [0.3, 0.4) is 0 Å². The third-order valence-corrected chi connectivity index (χ3v) is 11.5. The summed E-state index contributed by atoms with van der Waals surface area (Å²) in [5, 5.41) is 23.3. The molecule has 2 amide bonds. The number of amides is 2. The second-order valence-corrected chi connectivity index (χ2v) is 19.6. The van der Waals surface area contributed by atoms with E-state index in [-0.39, 0.29) is 208 Å². The Morgan fingerprint density at radius 2 is 1.01 bits per heavy atom. The first kappa shape index (κ1) is 80.6. The molecule has 0 aliphatic carbocycles. The standard InChI is InChI=1S/C27H31ClN2O4.C20H26N2O4.C7H6BrCl.CH2O3.CH4.HI.2K.Na.H/c1-18(16-25(31)33-5)30(17-19-10-6-9-13-22(19)28)24-15-14-23(20-11-7-8-12-21(20)24)29-26(32)34-27(2,3)4;1-13(12-18(23)25-5)21-16-10-11-17(15-9-7-6-8-14(15)16)22-19(24)26-20(2,3)4;8-5-6-3-1-2-4-7(6)9;2-1-4-3;;;;;;/h6-15,18H,16-17H2,1-5H3,(H,29,32);6-11,13,21H,12H2,1-5H3,(H,22,24);1-4H,5H2;1,3H;1H4;1H;;;;/q;;;;;;3*+1;-1/p-2/t18-;13-;;;;;;;;/m00......../s1. The minimum atomic E-state index is -0.602. The second-order valence-electron chi connectivity index (χ2n) is 18.2. The molecule has 0 heterocycles. The minimum Gasteiger partial charge on any atom is -1.00 e. The fourth-order valence-electron chi connectivity index (χ4n) is 6.98. The number of nitrogens with one attached hydrogen (secondary N) is 3. The molecule has 0 bridgehead atoms. The van der Waals surface area contributed by atoms with Crippen molar-refractivity contribution >= 4 is 114 Å². The fourth-order valence-corrected chi connectivity index (χ4v) is 8.03. The maximum Gasteiger partial charge on any atom is 1.00 e. The van der Waals surface area contributed by atoms with E-state index in [1.54, 1.807) is 0 Å². The van der Waals surface area contributed by atoms with Crippen LogP contribution < -0.4 is 182 Å². The van der Waals surface area contributed by atoms with E-state index in [1.165, 1.54) is 14.2 Å². The number of ether oxygens (including phenoxy) is 4. The van der Waals surface area contributed by atoms with Gasteiger partial charge in [-0.05, 0) is 103 Å². The maximum absolute atomic E-state index is 12.4. The van der Waals surface area contributed by atoms with Gasteiger partial charge in [0.2, 0.25) is 0 Å². The van der Waals surface area contributed by atoms with Crippen molar-refractivity contribution in [3.63, 3.8) is 0 Å². The summed E-state index contributed by atoms with van der Waals surface area (Å²) in [4.78, 5) is 61.4. The first-order chi connectivity index (χ1) is 34.5. The topological polar surface area (TPSA) is 194 Å². The van der Waals surface area contributed by atoms with Crippen LogP contribution in [-0.2, 0) is 50.1 Å². The van der Waals surface area contributed by atoms with Crippen LogP contribution in [0.25, 0.3) is 21.5 Å². The van der Waals surface area contributed by atoms with Crippen molar-refractivity contribution < 1.29 is 211 Å². The number of anilines is 4. The number of esters is 2. The number of hydrogen-bond donors (Lipinski definition) is 3. The van der Waals surface area contributed by atoms with Gasteiger partial charge in [-0.2, -0.15) is 0 Å². The second kappa shape index (κ2) is 41.4. The molecule has 6 aromatic carbocycles. The van der Waals surface area contributed by atoms with Crippen LogP contribution in [0.4, 0.5) is 32.3 Å². The molecule has 3 N–H and O–H groups in total. The number of halogens is 4. The molecule has 2 atom stereocenters. The first-order valence-corrected chi connectivity index (χ1v) is 24.9. The van der Waals surface area contributed by atoms with Gasteiger partial charge in [0, 0.05) is 66.9 Å². The fraction of sp³-hybridized carbons (Fsp3) is 0.339. The maximum atomic E-state index is 12.4. The summed E-state index contributed by atoms with van der Waals surface area (Å²) in [5.41, 5.74) is 4.03. The Morgan fingerprint density at radius 3 is 1.42 bits per heavy atom. The van der Waals surface area contributed by atoms with Crippen LogP contribution in [0.1, 0.15) is 88.2 Å². The van der Waals surface area contributed by atoms with Crippen molar-refractivity contribution in [3.8, 4) is 0 Å². The van der Waals surface area contributed by atoms with E-state index >= 15 is 0 Å². The van der Waals surface area contributed by atoms with Gasteiger partial charge in [-0.15, -0.1) is 0 Å². The van der Waals surface area contributed by atoms with E-state index in [1.807, 2.05) is 177 Å². The Bertz CT molecular complexity index is 2800. The predicted molar refractivity (Wildman–Crippen MR) is 300 cm³/mol. The van der Waals surface area contributed by atoms with Gasteiger partial charge in [-0.3, -0.25) is 25.0 Å². The van der Waals surface area contributed by atoms with Crippen molar-refractivity contribution in [3.05, 3.63) is 142 Å². The van der Waals surface area contributed by atoms with Gasteiger partial charge in [-0.1, -0.05) is 131 Å². The molecule has 0 unspecified atom stereocenters. The summed E-state index contributed by atoms with van der Waals surface area (Å²) in [6, 6.07) is 38.2. The predicted octanol–water partition coefficient (Wildman–Crippen LogP) is 1.78. The molecular formula is C56H69BrCl2IK2N4NaO11. The number of carbonyl (C=O) groups excluding carboxylic acids is 5. The number of hydrogen-bond acceptors (Lipinski definition) is 13. The Hall–Kier alpha value is -1.59. The quantitative estimate of drug-likeness (QED) is 0.0209. The Balaban J connectivity index is -0.000000554. The SMILES string of the molecule is C.COC(=O)C[C@H](C)N(Cc1ccccc1Cl)c1ccc(NC(=O)OC(C)(C)C)c2ccccc12.COC(=O)C[C@H](C)Nc1ccc(NC(=O)OC(C)(C)C)c2ccccc12.Clc1ccccc1CBr.O=CO[O-].[H-].[I-].[K+].[K+].[Na+]. The zero-order chi connectivity index (χ0) is 54.3. The molecule has 15 nitrogen and oxygen atoms in total. The molecule has 0 fully saturated rings. The van der Waals surface area contributed by atoms with Gasteiger partial charge in [-0.25, -0.2) is 9.59 Å². The number of benzene rings is 6.